The van der Waals surface area contributed by atoms with Gasteiger partial charge in [-0.2, -0.15) is 4.98 Å². The molecule has 0 amide bonds. The summed E-state index contributed by atoms with van der Waals surface area (Å²) >= 11 is 0. The summed E-state index contributed by atoms with van der Waals surface area (Å²) in [6.07, 6.45) is 8.61. The van der Waals surface area contributed by atoms with Crippen LogP contribution in [0.25, 0.3) is 0 Å². The molecule has 2 aromatic rings. The maximum atomic E-state index is 13.3. The lowest BCUT2D eigenvalue weighted by Crippen LogP contribution is -2.46. The second-order valence-corrected chi connectivity index (χ2v) is 7.04. The highest BCUT2D eigenvalue weighted by molar-refractivity contribution is 5.44. The summed E-state index contributed by atoms with van der Waals surface area (Å²) < 4.78 is 13.3. The molecule has 0 spiro atoms. The highest BCUT2D eigenvalue weighted by Gasteiger charge is 2.20. The molecule has 4 heterocycles. The largest absolute Gasteiger partial charge is 0.354 e. The molecule has 0 bridgehead atoms. The van der Waals surface area contributed by atoms with Crippen LogP contribution in [0.5, 0.6) is 0 Å². The number of hydrogen-bond donors (Lipinski definition) is 0. The summed E-state index contributed by atoms with van der Waals surface area (Å²) in [5, 5.41) is 0. The lowest BCUT2D eigenvalue weighted by molar-refractivity contribution is 0.248. The van der Waals surface area contributed by atoms with Crippen LogP contribution in [0.2, 0.25) is 0 Å². The lowest BCUT2D eigenvalue weighted by Gasteiger charge is -2.35. The van der Waals surface area contributed by atoms with E-state index < -0.39 is 0 Å². The number of anilines is 2. The molecular weight excluding hydrogens is 331 g/mol. The third kappa shape index (κ3) is 4.09. The van der Waals surface area contributed by atoms with Crippen LogP contribution >= 0.6 is 0 Å². The van der Waals surface area contributed by atoms with E-state index in [2.05, 4.69) is 24.7 Å². The molecule has 0 aliphatic carbocycles. The highest BCUT2D eigenvalue weighted by atomic mass is 19.1. The van der Waals surface area contributed by atoms with Crippen LogP contribution in [-0.2, 0) is 6.54 Å². The second kappa shape index (κ2) is 7.95. The van der Waals surface area contributed by atoms with Crippen molar-refractivity contribution in [3.05, 3.63) is 42.1 Å². The van der Waals surface area contributed by atoms with Crippen molar-refractivity contribution in [3.8, 4) is 0 Å². The third-order valence-corrected chi connectivity index (χ3v) is 5.13. The van der Waals surface area contributed by atoms with Gasteiger partial charge in [0.15, 0.2) is 0 Å². The van der Waals surface area contributed by atoms with E-state index in [4.69, 9.17) is 4.98 Å². The number of aromatic nitrogens is 3. The van der Waals surface area contributed by atoms with Gasteiger partial charge in [-0.25, -0.2) is 9.37 Å². The molecule has 7 heteroatoms. The van der Waals surface area contributed by atoms with Gasteiger partial charge in [-0.05, 0) is 37.0 Å². The second-order valence-electron chi connectivity index (χ2n) is 7.04. The predicted molar refractivity (Wildman–Crippen MR) is 99.8 cm³/mol. The van der Waals surface area contributed by atoms with Gasteiger partial charge < -0.3 is 9.80 Å². The van der Waals surface area contributed by atoms with E-state index >= 15 is 0 Å². The summed E-state index contributed by atoms with van der Waals surface area (Å²) in [5.74, 6) is 1.59. The van der Waals surface area contributed by atoms with Gasteiger partial charge in [0.2, 0.25) is 5.95 Å². The minimum atomic E-state index is -0.271. The molecule has 2 aromatic heterocycles. The summed E-state index contributed by atoms with van der Waals surface area (Å²) in [4.78, 5) is 20.1. The zero-order valence-electron chi connectivity index (χ0n) is 15.0. The Kier molecular flexibility index (Phi) is 5.24. The van der Waals surface area contributed by atoms with Crippen LogP contribution in [0, 0.1) is 5.82 Å². The van der Waals surface area contributed by atoms with E-state index in [1.54, 1.807) is 12.3 Å². The first kappa shape index (κ1) is 17.1. The predicted octanol–water partition coefficient (Wildman–Crippen LogP) is 2.32. The average molecular weight is 356 g/mol. The third-order valence-electron chi connectivity index (χ3n) is 5.13. The molecule has 4 rings (SSSR count). The monoisotopic (exact) mass is 356 g/mol. The van der Waals surface area contributed by atoms with E-state index in [1.165, 1.54) is 25.5 Å². The standard InChI is InChI=1S/C19H25FN6/c20-17-12-16(13-21-14-17)15-24-8-10-25(11-9-24)18-4-5-22-19(23-18)26-6-2-1-3-7-26/h4-5,12-14H,1-3,6-11,15H2. The van der Waals surface area contributed by atoms with Crippen molar-refractivity contribution < 1.29 is 4.39 Å². The molecule has 2 saturated heterocycles. The molecule has 0 atom stereocenters. The van der Waals surface area contributed by atoms with Crippen molar-refractivity contribution in [2.75, 3.05) is 49.1 Å². The summed E-state index contributed by atoms with van der Waals surface area (Å²) in [6, 6.07) is 3.56. The van der Waals surface area contributed by atoms with Crippen LogP contribution in [0.15, 0.2) is 30.7 Å². The quantitative estimate of drug-likeness (QED) is 0.838. The Balaban J connectivity index is 1.35. The molecule has 6 nitrogen and oxygen atoms in total. The van der Waals surface area contributed by atoms with E-state index in [0.29, 0.717) is 0 Å². The Bertz CT molecular complexity index is 725. The molecule has 0 radical (unpaired) electrons. The fraction of sp³-hybridized carbons (Fsp3) is 0.526. The molecule has 0 unspecified atom stereocenters. The minimum Gasteiger partial charge on any atom is -0.354 e. The zero-order valence-corrected chi connectivity index (χ0v) is 15.0. The van der Waals surface area contributed by atoms with Crippen LogP contribution in [0.3, 0.4) is 0 Å². The normalized spacial score (nSPS) is 19.0. The van der Waals surface area contributed by atoms with Crippen molar-refractivity contribution in [3.63, 3.8) is 0 Å². The summed E-state index contributed by atoms with van der Waals surface area (Å²) in [7, 11) is 0. The van der Waals surface area contributed by atoms with E-state index in [1.807, 2.05) is 12.3 Å². The topological polar surface area (TPSA) is 48.4 Å². The Morgan fingerprint density at radius 3 is 2.50 bits per heavy atom. The molecule has 0 aromatic carbocycles. The van der Waals surface area contributed by atoms with Crippen LogP contribution in [0.1, 0.15) is 24.8 Å². The molecule has 0 N–H and O–H groups in total. The first-order valence-electron chi connectivity index (χ1n) is 9.43. The Labute approximate surface area is 153 Å². The number of piperidine rings is 1. The maximum Gasteiger partial charge on any atom is 0.227 e. The van der Waals surface area contributed by atoms with Gasteiger partial charge in [0, 0.05) is 58.2 Å². The average Bonchev–Trinajstić information content (AvgIpc) is 2.69. The Morgan fingerprint density at radius 2 is 1.73 bits per heavy atom. The van der Waals surface area contributed by atoms with Crippen LogP contribution < -0.4 is 9.80 Å². The summed E-state index contributed by atoms with van der Waals surface area (Å²) in [5.41, 5.74) is 0.924. The van der Waals surface area contributed by atoms with Gasteiger partial charge in [-0.1, -0.05) is 0 Å². The molecule has 26 heavy (non-hydrogen) atoms. The van der Waals surface area contributed by atoms with Gasteiger partial charge >= 0.3 is 0 Å². The number of halogens is 1. The fourth-order valence-corrected chi connectivity index (χ4v) is 3.70. The van der Waals surface area contributed by atoms with E-state index in [0.717, 1.165) is 63.1 Å². The highest BCUT2D eigenvalue weighted by Crippen LogP contribution is 2.20. The van der Waals surface area contributed by atoms with Crippen molar-refractivity contribution in [1.29, 1.82) is 0 Å². The van der Waals surface area contributed by atoms with Gasteiger partial charge in [0.05, 0.1) is 6.20 Å². The molecule has 2 aliphatic rings. The van der Waals surface area contributed by atoms with Crippen LogP contribution in [-0.4, -0.2) is 59.1 Å². The molecule has 2 aliphatic heterocycles. The zero-order chi connectivity index (χ0) is 17.8. The maximum absolute atomic E-state index is 13.3. The molecule has 2 fully saturated rings. The number of piperazine rings is 1. The van der Waals surface area contributed by atoms with Crippen molar-refractivity contribution in [1.82, 2.24) is 19.9 Å². The van der Waals surface area contributed by atoms with Crippen molar-refractivity contribution in [2.24, 2.45) is 0 Å². The minimum absolute atomic E-state index is 0.271. The van der Waals surface area contributed by atoms with E-state index in [-0.39, 0.29) is 5.82 Å². The molecular formula is C19H25FN6. The van der Waals surface area contributed by atoms with Gasteiger partial charge in [0.25, 0.3) is 0 Å². The SMILES string of the molecule is Fc1cncc(CN2CCN(c3ccnc(N4CCCCC4)n3)CC2)c1. The van der Waals surface area contributed by atoms with Crippen molar-refractivity contribution >= 4 is 11.8 Å². The lowest BCUT2D eigenvalue weighted by atomic mass is 10.1. The number of hydrogen-bond acceptors (Lipinski definition) is 6. The summed E-state index contributed by atoms with van der Waals surface area (Å²) in [6.45, 7) is 6.54. The van der Waals surface area contributed by atoms with Gasteiger partial charge in [0.1, 0.15) is 11.6 Å². The first-order chi connectivity index (χ1) is 12.8. The number of nitrogens with zero attached hydrogens (tertiary/aromatic N) is 6. The van der Waals surface area contributed by atoms with Crippen LogP contribution in [0.4, 0.5) is 16.2 Å². The van der Waals surface area contributed by atoms with Gasteiger partial charge in [-0.3, -0.25) is 9.88 Å². The van der Waals surface area contributed by atoms with E-state index in [9.17, 15) is 4.39 Å². The number of rotatable bonds is 4. The molecule has 0 saturated carbocycles. The first-order valence-corrected chi connectivity index (χ1v) is 9.43. The number of pyridine rings is 1. The fourth-order valence-electron chi connectivity index (χ4n) is 3.70. The Morgan fingerprint density at radius 1 is 0.923 bits per heavy atom. The Hall–Kier alpha value is -2.28. The van der Waals surface area contributed by atoms with Crippen molar-refractivity contribution in [2.45, 2.75) is 25.8 Å². The smallest absolute Gasteiger partial charge is 0.227 e. The van der Waals surface area contributed by atoms with Gasteiger partial charge in [-0.15, -0.1) is 0 Å². The molecule has 138 valence electrons.